The van der Waals surface area contributed by atoms with Crippen molar-refractivity contribution in [2.45, 2.75) is 38.6 Å². The molecule has 2 rings (SSSR count). The molecule has 1 N–H and O–H groups in total. The van der Waals surface area contributed by atoms with Crippen molar-refractivity contribution in [3.05, 3.63) is 34.3 Å². The van der Waals surface area contributed by atoms with Crippen LogP contribution < -0.4 is 5.32 Å². The van der Waals surface area contributed by atoms with Crippen molar-refractivity contribution < 1.29 is 4.74 Å². The number of halogens is 1. The van der Waals surface area contributed by atoms with Crippen molar-refractivity contribution in [2.24, 2.45) is 5.92 Å². The Morgan fingerprint density at radius 3 is 2.79 bits per heavy atom. The largest absolute Gasteiger partial charge is 0.380 e. The number of rotatable bonds is 8. The molecule has 0 bridgehead atoms. The smallest absolute Gasteiger partial charge is 0.0547 e. The van der Waals surface area contributed by atoms with Gasteiger partial charge in [0.1, 0.15) is 0 Å². The maximum atomic E-state index is 5.89. The lowest BCUT2D eigenvalue weighted by Crippen LogP contribution is -2.30. The molecule has 1 fully saturated rings. The Morgan fingerprint density at radius 1 is 1.37 bits per heavy atom. The monoisotopic (exact) mass is 325 g/mol. The van der Waals surface area contributed by atoms with Gasteiger partial charge in [0.2, 0.25) is 0 Å². The summed E-state index contributed by atoms with van der Waals surface area (Å²) in [6.45, 7) is 7.09. The van der Waals surface area contributed by atoms with E-state index in [1.165, 1.54) is 18.4 Å². The summed E-state index contributed by atoms with van der Waals surface area (Å²) in [5, 5.41) is 3.52. The predicted octanol–water partition coefficient (Wildman–Crippen LogP) is 3.96. The van der Waals surface area contributed by atoms with Gasteiger partial charge in [0.05, 0.1) is 6.61 Å². The third kappa shape index (κ3) is 5.64. The lowest BCUT2D eigenvalue weighted by atomic mass is 10.00. The Kier molecular flexibility index (Phi) is 5.86. The molecular weight excluding hydrogens is 302 g/mol. The van der Waals surface area contributed by atoms with Gasteiger partial charge >= 0.3 is 0 Å². The number of hydrogen-bond acceptors (Lipinski definition) is 2. The SMILES string of the molecule is CC(C)NCC(COCC1CC1)c1cccc(Br)c1. The molecule has 1 aromatic carbocycles. The first-order valence-corrected chi connectivity index (χ1v) is 8.01. The van der Waals surface area contributed by atoms with Crippen molar-refractivity contribution in [3.63, 3.8) is 0 Å². The van der Waals surface area contributed by atoms with Gasteiger partial charge in [0.15, 0.2) is 0 Å². The van der Waals surface area contributed by atoms with Crippen molar-refractivity contribution in [1.29, 1.82) is 0 Å². The van der Waals surface area contributed by atoms with E-state index in [9.17, 15) is 0 Å². The van der Waals surface area contributed by atoms with Crippen LogP contribution in [0.15, 0.2) is 28.7 Å². The van der Waals surface area contributed by atoms with Gasteiger partial charge in [-0.3, -0.25) is 0 Å². The summed E-state index contributed by atoms with van der Waals surface area (Å²) in [4.78, 5) is 0. The fraction of sp³-hybridized carbons (Fsp3) is 0.625. The van der Waals surface area contributed by atoms with Crippen LogP contribution in [0.2, 0.25) is 0 Å². The van der Waals surface area contributed by atoms with E-state index in [2.05, 4.69) is 59.4 Å². The molecule has 1 aliphatic rings. The van der Waals surface area contributed by atoms with Gasteiger partial charge in [-0.1, -0.05) is 41.9 Å². The van der Waals surface area contributed by atoms with Crippen LogP contribution in [0.25, 0.3) is 0 Å². The normalized spacial score (nSPS) is 16.8. The van der Waals surface area contributed by atoms with Crippen LogP contribution in [0, 0.1) is 5.92 Å². The van der Waals surface area contributed by atoms with Crippen molar-refractivity contribution in [2.75, 3.05) is 19.8 Å². The number of benzene rings is 1. The summed E-state index contributed by atoms with van der Waals surface area (Å²) in [5.74, 6) is 1.26. The van der Waals surface area contributed by atoms with Crippen molar-refractivity contribution >= 4 is 15.9 Å². The highest BCUT2D eigenvalue weighted by Crippen LogP contribution is 2.29. The summed E-state index contributed by atoms with van der Waals surface area (Å²) in [6, 6.07) is 9.08. The fourth-order valence-corrected chi connectivity index (χ4v) is 2.49. The van der Waals surface area contributed by atoms with E-state index in [0.29, 0.717) is 12.0 Å². The van der Waals surface area contributed by atoms with Gasteiger partial charge in [0, 0.05) is 29.6 Å². The van der Waals surface area contributed by atoms with Crippen LogP contribution in [-0.2, 0) is 4.74 Å². The summed E-state index contributed by atoms with van der Waals surface area (Å²) in [6.07, 6.45) is 2.71. The van der Waals surface area contributed by atoms with Gasteiger partial charge in [-0.05, 0) is 36.5 Å². The molecule has 3 heteroatoms. The number of nitrogens with one attached hydrogen (secondary N) is 1. The van der Waals surface area contributed by atoms with Crippen LogP contribution in [0.4, 0.5) is 0 Å². The molecule has 0 aromatic heterocycles. The number of ether oxygens (including phenoxy) is 1. The standard InChI is InChI=1S/C16H24BrNO/c1-12(2)18-9-15(11-19-10-13-6-7-13)14-4-3-5-16(17)8-14/h3-5,8,12-13,15,18H,6-7,9-11H2,1-2H3. The van der Waals surface area contributed by atoms with Gasteiger partial charge < -0.3 is 10.1 Å². The average molecular weight is 326 g/mol. The Bertz CT molecular complexity index is 390. The zero-order valence-electron chi connectivity index (χ0n) is 11.9. The Hall–Kier alpha value is -0.380. The maximum Gasteiger partial charge on any atom is 0.0547 e. The Labute approximate surface area is 125 Å². The molecule has 106 valence electrons. The molecule has 1 unspecified atom stereocenters. The Balaban J connectivity index is 1.91. The molecule has 0 aliphatic heterocycles. The van der Waals surface area contributed by atoms with E-state index < -0.39 is 0 Å². The first kappa shape index (κ1) is 15.0. The summed E-state index contributed by atoms with van der Waals surface area (Å²) < 4.78 is 7.03. The summed E-state index contributed by atoms with van der Waals surface area (Å²) in [5.41, 5.74) is 1.35. The molecule has 2 nitrogen and oxygen atoms in total. The highest BCUT2D eigenvalue weighted by atomic mass is 79.9. The maximum absolute atomic E-state index is 5.89. The number of hydrogen-bond donors (Lipinski definition) is 1. The Morgan fingerprint density at radius 2 is 2.16 bits per heavy atom. The van der Waals surface area contributed by atoms with Gasteiger partial charge in [-0.25, -0.2) is 0 Å². The average Bonchev–Trinajstić information content (AvgIpc) is 3.17. The molecule has 0 amide bonds. The highest BCUT2D eigenvalue weighted by Gasteiger charge is 2.22. The molecule has 0 radical (unpaired) electrons. The molecule has 19 heavy (non-hydrogen) atoms. The van der Waals surface area contributed by atoms with Crippen LogP contribution in [0.3, 0.4) is 0 Å². The van der Waals surface area contributed by atoms with Crippen LogP contribution in [0.5, 0.6) is 0 Å². The molecule has 0 saturated heterocycles. The zero-order chi connectivity index (χ0) is 13.7. The third-order valence-electron chi connectivity index (χ3n) is 3.46. The lowest BCUT2D eigenvalue weighted by Gasteiger charge is -2.20. The van der Waals surface area contributed by atoms with E-state index in [1.54, 1.807) is 0 Å². The lowest BCUT2D eigenvalue weighted by molar-refractivity contribution is 0.110. The molecule has 1 aromatic rings. The van der Waals surface area contributed by atoms with Crippen LogP contribution in [-0.4, -0.2) is 25.8 Å². The summed E-state index contributed by atoms with van der Waals surface area (Å²) >= 11 is 3.55. The van der Waals surface area contributed by atoms with Crippen LogP contribution in [0.1, 0.15) is 38.2 Å². The summed E-state index contributed by atoms with van der Waals surface area (Å²) in [7, 11) is 0. The van der Waals surface area contributed by atoms with E-state index in [1.807, 2.05) is 0 Å². The fourth-order valence-electron chi connectivity index (χ4n) is 2.07. The van der Waals surface area contributed by atoms with E-state index in [0.717, 1.165) is 30.1 Å². The second kappa shape index (κ2) is 7.41. The second-order valence-corrected chi connectivity index (χ2v) is 6.71. The predicted molar refractivity (Wildman–Crippen MR) is 83.6 cm³/mol. The molecular formula is C16H24BrNO. The minimum absolute atomic E-state index is 0.429. The van der Waals surface area contributed by atoms with Crippen LogP contribution >= 0.6 is 15.9 Å². The quantitative estimate of drug-likeness (QED) is 0.781. The first-order chi connectivity index (χ1) is 9.15. The molecule has 1 saturated carbocycles. The van der Waals surface area contributed by atoms with Gasteiger partial charge in [-0.2, -0.15) is 0 Å². The first-order valence-electron chi connectivity index (χ1n) is 7.21. The highest BCUT2D eigenvalue weighted by molar-refractivity contribution is 9.10. The minimum atomic E-state index is 0.429. The molecule has 0 heterocycles. The van der Waals surface area contributed by atoms with E-state index in [-0.39, 0.29) is 0 Å². The molecule has 1 atom stereocenters. The second-order valence-electron chi connectivity index (χ2n) is 5.80. The van der Waals surface area contributed by atoms with Crippen molar-refractivity contribution in [3.8, 4) is 0 Å². The van der Waals surface area contributed by atoms with Gasteiger partial charge in [0.25, 0.3) is 0 Å². The minimum Gasteiger partial charge on any atom is -0.380 e. The molecule has 0 spiro atoms. The topological polar surface area (TPSA) is 21.3 Å². The van der Waals surface area contributed by atoms with E-state index in [4.69, 9.17) is 4.74 Å². The van der Waals surface area contributed by atoms with E-state index >= 15 is 0 Å². The van der Waals surface area contributed by atoms with Gasteiger partial charge in [-0.15, -0.1) is 0 Å². The zero-order valence-corrected chi connectivity index (χ0v) is 13.4. The van der Waals surface area contributed by atoms with Crippen molar-refractivity contribution in [1.82, 2.24) is 5.32 Å². The molecule has 1 aliphatic carbocycles. The third-order valence-corrected chi connectivity index (χ3v) is 3.96.